The lowest BCUT2D eigenvalue weighted by Gasteiger charge is -2.20. The first-order valence-corrected chi connectivity index (χ1v) is 10.3. The maximum atomic E-state index is 13.3. The van der Waals surface area contributed by atoms with E-state index in [2.05, 4.69) is 52.5 Å². The molecule has 0 aliphatic carbocycles. The number of nitrogens with two attached hydrogens (primary N) is 1. The maximum absolute atomic E-state index is 13.3. The number of hydrogen-bond donors (Lipinski definition) is 1. The number of nitrogens with zero attached hydrogens (tertiary/aromatic N) is 4. The van der Waals surface area contributed by atoms with E-state index in [1.807, 2.05) is 18.2 Å². The van der Waals surface area contributed by atoms with Gasteiger partial charge in [0, 0.05) is 30.2 Å². The lowest BCUT2D eigenvalue weighted by atomic mass is 10.1. The van der Waals surface area contributed by atoms with Crippen LogP contribution in [0.3, 0.4) is 0 Å². The van der Waals surface area contributed by atoms with Crippen LogP contribution in [0.4, 0.5) is 10.1 Å². The van der Waals surface area contributed by atoms with Crippen LogP contribution >= 0.6 is 0 Å². The lowest BCUT2D eigenvalue weighted by Crippen LogP contribution is -2.21. The molecule has 1 unspecified atom stereocenters. The molecule has 0 spiro atoms. The number of benzene rings is 2. The van der Waals surface area contributed by atoms with E-state index in [1.165, 1.54) is 12.1 Å². The molecule has 0 amide bonds. The molecule has 1 saturated heterocycles. The minimum Gasteiger partial charge on any atom is -0.345 e. The Morgan fingerprint density at radius 2 is 2.03 bits per heavy atom. The van der Waals surface area contributed by atoms with Gasteiger partial charge in [0.15, 0.2) is 5.82 Å². The second kappa shape index (κ2) is 9.10. The molecule has 5 nitrogen and oxygen atoms in total. The predicted molar refractivity (Wildman–Crippen MR) is 125 cm³/mol. The number of imidazole rings is 1. The van der Waals surface area contributed by atoms with E-state index in [0.29, 0.717) is 24.7 Å². The summed E-state index contributed by atoms with van der Waals surface area (Å²) in [6, 6.07) is 14.8. The molecule has 1 aliphatic heterocycles. The first-order valence-electron chi connectivity index (χ1n) is 10.3. The zero-order valence-electron chi connectivity index (χ0n) is 17.4. The van der Waals surface area contributed by atoms with E-state index < -0.39 is 0 Å². The number of anilines is 1. The molecule has 31 heavy (non-hydrogen) atoms. The first-order chi connectivity index (χ1) is 15.1. The third-order valence-electron chi connectivity index (χ3n) is 5.57. The zero-order valence-corrected chi connectivity index (χ0v) is 17.4. The lowest BCUT2D eigenvalue weighted by molar-refractivity contribution is 0.610. The summed E-state index contributed by atoms with van der Waals surface area (Å²) in [6.45, 7) is 9.45. The molecule has 6 heteroatoms. The second-order valence-electron chi connectivity index (χ2n) is 7.72. The van der Waals surface area contributed by atoms with Gasteiger partial charge in [0.2, 0.25) is 0 Å². The van der Waals surface area contributed by atoms with Crippen molar-refractivity contribution in [3.8, 4) is 11.3 Å². The van der Waals surface area contributed by atoms with Gasteiger partial charge in [-0.2, -0.15) is 5.10 Å². The van der Waals surface area contributed by atoms with Crippen LogP contribution in [0.25, 0.3) is 17.3 Å². The highest BCUT2D eigenvalue weighted by Gasteiger charge is 2.25. The van der Waals surface area contributed by atoms with Crippen molar-refractivity contribution in [2.45, 2.75) is 12.8 Å². The summed E-state index contributed by atoms with van der Waals surface area (Å²) >= 11 is 0. The minimum atomic E-state index is -0.234. The highest BCUT2D eigenvalue weighted by molar-refractivity contribution is 5.66. The third kappa shape index (κ3) is 4.49. The average Bonchev–Trinajstić information content (AvgIpc) is 3.37. The standard InChI is InChI=1S/C25H26FN5/c1-18-13-20(15-27)17-30(18)23-11-9-21(10-12-23)24-16-29-25(31(24)28-2)8-4-6-19-5-3-7-22(26)14-19/h3-5,7-12,14,16,20H,1-2,6,13,15,17,27H2/b8-4-. The van der Waals surface area contributed by atoms with Crippen molar-refractivity contribution in [3.05, 3.63) is 90.3 Å². The summed E-state index contributed by atoms with van der Waals surface area (Å²) in [5.41, 5.74) is 10.8. The normalized spacial score (nSPS) is 16.4. The Kier molecular flexibility index (Phi) is 6.09. The van der Waals surface area contributed by atoms with Crippen molar-refractivity contribution in [2.75, 3.05) is 18.0 Å². The van der Waals surface area contributed by atoms with Crippen molar-refractivity contribution in [1.29, 1.82) is 0 Å². The van der Waals surface area contributed by atoms with Gasteiger partial charge < -0.3 is 10.6 Å². The molecule has 1 fully saturated rings. The molecule has 2 N–H and O–H groups in total. The Hall–Kier alpha value is -3.51. The van der Waals surface area contributed by atoms with Gasteiger partial charge in [0.05, 0.1) is 11.9 Å². The molecule has 0 saturated carbocycles. The minimum absolute atomic E-state index is 0.234. The van der Waals surface area contributed by atoms with Crippen molar-refractivity contribution in [2.24, 2.45) is 16.8 Å². The van der Waals surface area contributed by atoms with Gasteiger partial charge in [0.25, 0.3) is 0 Å². The van der Waals surface area contributed by atoms with E-state index >= 15 is 0 Å². The van der Waals surface area contributed by atoms with E-state index in [9.17, 15) is 4.39 Å². The fraction of sp³-hybridized carbons (Fsp3) is 0.200. The smallest absolute Gasteiger partial charge is 0.153 e. The highest BCUT2D eigenvalue weighted by atomic mass is 19.1. The first kappa shape index (κ1) is 20.8. The van der Waals surface area contributed by atoms with E-state index in [4.69, 9.17) is 5.73 Å². The van der Waals surface area contributed by atoms with Crippen molar-refractivity contribution >= 4 is 18.5 Å². The average molecular weight is 416 g/mol. The molecule has 4 rings (SSSR count). The van der Waals surface area contributed by atoms with Crippen LogP contribution in [0.1, 0.15) is 17.8 Å². The summed E-state index contributed by atoms with van der Waals surface area (Å²) in [4.78, 5) is 6.70. The highest BCUT2D eigenvalue weighted by Crippen LogP contribution is 2.32. The van der Waals surface area contributed by atoms with Gasteiger partial charge >= 0.3 is 0 Å². The fourth-order valence-electron chi connectivity index (χ4n) is 3.94. The van der Waals surface area contributed by atoms with Crippen LogP contribution in [0, 0.1) is 11.7 Å². The number of rotatable bonds is 7. The van der Waals surface area contributed by atoms with Crippen LogP contribution < -0.4 is 10.6 Å². The SMILES string of the molecule is C=Nn1c(-c2ccc(N3CC(CN)CC3=C)cc2)cnc1/C=C\Cc1cccc(F)c1. The summed E-state index contributed by atoms with van der Waals surface area (Å²) in [7, 11) is 0. The van der Waals surface area contributed by atoms with E-state index in [-0.39, 0.29) is 5.82 Å². The van der Waals surface area contributed by atoms with Crippen molar-refractivity contribution in [1.82, 2.24) is 9.66 Å². The Bertz CT molecular complexity index is 1110. The molecule has 2 heterocycles. The van der Waals surface area contributed by atoms with Gasteiger partial charge in [-0.25, -0.2) is 14.1 Å². The van der Waals surface area contributed by atoms with Crippen molar-refractivity contribution in [3.63, 3.8) is 0 Å². The number of allylic oxidation sites excluding steroid dienone is 2. The summed E-state index contributed by atoms with van der Waals surface area (Å²) < 4.78 is 15.0. The summed E-state index contributed by atoms with van der Waals surface area (Å²) in [5.74, 6) is 0.895. The molecular formula is C25H26FN5. The van der Waals surface area contributed by atoms with E-state index in [0.717, 1.165) is 41.2 Å². The van der Waals surface area contributed by atoms with Crippen LogP contribution in [-0.4, -0.2) is 29.5 Å². The third-order valence-corrected chi connectivity index (χ3v) is 5.57. The predicted octanol–water partition coefficient (Wildman–Crippen LogP) is 4.71. The van der Waals surface area contributed by atoms with Crippen LogP contribution in [0.15, 0.2) is 78.2 Å². The quantitative estimate of drug-likeness (QED) is 0.569. The monoisotopic (exact) mass is 415 g/mol. The molecule has 0 radical (unpaired) electrons. The molecule has 3 aromatic rings. The molecule has 0 bridgehead atoms. The van der Waals surface area contributed by atoms with Crippen LogP contribution in [-0.2, 0) is 6.42 Å². The zero-order chi connectivity index (χ0) is 21.8. The van der Waals surface area contributed by atoms with Gasteiger partial charge in [-0.05, 0) is 61.2 Å². The Morgan fingerprint density at radius 1 is 1.23 bits per heavy atom. The van der Waals surface area contributed by atoms with Gasteiger partial charge in [0.1, 0.15) is 5.82 Å². The summed E-state index contributed by atoms with van der Waals surface area (Å²) in [5, 5.41) is 4.13. The fourth-order valence-corrected chi connectivity index (χ4v) is 3.94. The van der Waals surface area contributed by atoms with Gasteiger partial charge in [-0.1, -0.05) is 36.9 Å². The van der Waals surface area contributed by atoms with Crippen LogP contribution in [0.5, 0.6) is 0 Å². The molecule has 1 atom stereocenters. The van der Waals surface area contributed by atoms with Crippen molar-refractivity contribution < 1.29 is 4.39 Å². The Morgan fingerprint density at radius 3 is 2.71 bits per heavy atom. The summed E-state index contributed by atoms with van der Waals surface area (Å²) in [6.07, 6.45) is 7.15. The number of hydrogen-bond acceptors (Lipinski definition) is 4. The van der Waals surface area contributed by atoms with Gasteiger partial charge in [-0.3, -0.25) is 0 Å². The second-order valence-corrected chi connectivity index (χ2v) is 7.72. The maximum Gasteiger partial charge on any atom is 0.153 e. The number of halogens is 1. The molecule has 2 aromatic carbocycles. The van der Waals surface area contributed by atoms with E-state index in [1.54, 1.807) is 16.9 Å². The molecular weight excluding hydrogens is 389 g/mol. The van der Waals surface area contributed by atoms with Crippen LogP contribution in [0.2, 0.25) is 0 Å². The Labute approximate surface area is 182 Å². The Balaban J connectivity index is 1.51. The molecule has 1 aromatic heterocycles. The van der Waals surface area contributed by atoms with Gasteiger partial charge in [-0.15, -0.1) is 0 Å². The topological polar surface area (TPSA) is 59.4 Å². The number of aromatic nitrogens is 2. The molecule has 158 valence electrons. The largest absolute Gasteiger partial charge is 0.345 e. The molecule has 1 aliphatic rings.